The van der Waals surface area contributed by atoms with E-state index in [2.05, 4.69) is 223 Å². The second-order valence-corrected chi connectivity index (χ2v) is 18.6. The van der Waals surface area contributed by atoms with Gasteiger partial charge in [0.1, 0.15) is 11.5 Å². The van der Waals surface area contributed by atoms with E-state index in [1.807, 2.05) is 11.8 Å². The van der Waals surface area contributed by atoms with Gasteiger partial charge in [-0.1, -0.05) is 194 Å². The predicted octanol–water partition coefficient (Wildman–Crippen LogP) is 14.8. The summed E-state index contributed by atoms with van der Waals surface area (Å²) in [4.78, 5) is 6.56. The number of allylic oxidation sites excluding steroid dienone is 1. The summed E-state index contributed by atoms with van der Waals surface area (Å²) in [5.41, 5.74) is 18.3. The molecule has 1 spiro atoms. The van der Waals surface area contributed by atoms with Crippen molar-refractivity contribution >= 4 is 61.2 Å². The van der Waals surface area contributed by atoms with Crippen molar-refractivity contribution in [3.63, 3.8) is 0 Å². The van der Waals surface area contributed by atoms with Crippen LogP contribution >= 0.6 is 11.8 Å². The zero-order valence-electron chi connectivity index (χ0n) is 34.7. The zero-order chi connectivity index (χ0) is 41.9. The first-order chi connectivity index (χ1) is 31.7. The standard InChI is InChI=1S/C60H39N3S/c1-3-13-36(14-4-1)53-35-54(37-15-5-2-6-16-37)62-58(61-53)42-25-28-44-41(31-42)24-23-38-27-30-55-57(56(38)44)63-59(64-55)43-26-29-47-45-19-9-11-21-49(45)60(51(47)34-43)50-22-12-10-20-46(50)48-32-39-17-7-8-18-40(39)33-52(48)60/h1-35,58-59,61,63H. The Morgan fingerprint density at radius 1 is 0.438 bits per heavy atom. The molecule has 14 rings (SSSR count). The molecule has 3 unspecified atom stereocenters. The van der Waals surface area contributed by atoms with Crippen LogP contribution in [-0.4, -0.2) is 5.71 Å². The third-order valence-corrected chi connectivity index (χ3v) is 15.3. The highest BCUT2D eigenvalue weighted by atomic mass is 32.2. The maximum atomic E-state index is 5.28. The van der Waals surface area contributed by atoms with Gasteiger partial charge in [-0.2, -0.15) is 0 Å². The maximum absolute atomic E-state index is 5.28. The Labute approximate surface area is 375 Å². The van der Waals surface area contributed by atoms with E-state index in [1.165, 1.54) is 93.0 Å². The van der Waals surface area contributed by atoms with Gasteiger partial charge >= 0.3 is 0 Å². The first kappa shape index (κ1) is 35.9. The number of benzene rings is 10. The quantitative estimate of drug-likeness (QED) is 0.173. The van der Waals surface area contributed by atoms with Crippen LogP contribution in [0.2, 0.25) is 0 Å². The fraction of sp³-hybridized carbons (Fsp3) is 0.0500. The Kier molecular flexibility index (Phi) is 7.66. The fourth-order valence-corrected chi connectivity index (χ4v) is 12.4. The second-order valence-electron chi connectivity index (χ2n) is 17.5. The first-order valence-corrected chi connectivity index (χ1v) is 23.0. The number of nitrogens with one attached hydrogen (secondary N) is 2. The topological polar surface area (TPSA) is 36.4 Å². The van der Waals surface area contributed by atoms with E-state index >= 15 is 0 Å². The molecule has 3 atom stereocenters. The number of fused-ring (bicyclic) bond motifs is 16. The van der Waals surface area contributed by atoms with Gasteiger partial charge in [-0.05, 0) is 124 Å². The van der Waals surface area contributed by atoms with Crippen molar-refractivity contribution in [2.24, 2.45) is 4.99 Å². The molecule has 10 aromatic rings. The Bertz CT molecular complexity index is 3670. The van der Waals surface area contributed by atoms with E-state index in [4.69, 9.17) is 4.99 Å². The van der Waals surface area contributed by atoms with E-state index in [-0.39, 0.29) is 11.5 Å². The lowest BCUT2D eigenvalue weighted by Gasteiger charge is -2.31. The summed E-state index contributed by atoms with van der Waals surface area (Å²) in [6.45, 7) is 0. The van der Waals surface area contributed by atoms with Gasteiger partial charge in [-0.25, -0.2) is 0 Å². The Balaban J connectivity index is 0.865. The van der Waals surface area contributed by atoms with Crippen LogP contribution in [0.15, 0.2) is 222 Å². The molecule has 2 aliphatic heterocycles. The average Bonchev–Trinajstić information content (AvgIpc) is 4.03. The molecule has 300 valence electrons. The number of hydrogen-bond donors (Lipinski definition) is 2. The molecule has 2 aliphatic carbocycles. The molecule has 0 bridgehead atoms. The molecule has 64 heavy (non-hydrogen) atoms. The molecule has 0 fully saturated rings. The molecule has 0 saturated carbocycles. The predicted molar refractivity (Wildman–Crippen MR) is 267 cm³/mol. The summed E-state index contributed by atoms with van der Waals surface area (Å²) in [6, 6.07) is 76.3. The van der Waals surface area contributed by atoms with Crippen LogP contribution in [0, 0.1) is 0 Å². The van der Waals surface area contributed by atoms with Crippen LogP contribution < -0.4 is 10.6 Å². The van der Waals surface area contributed by atoms with Crippen molar-refractivity contribution in [1.29, 1.82) is 0 Å². The number of rotatable bonds is 4. The number of nitrogens with zero attached hydrogens (tertiary/aromatic N) is 1. The molecule has 2 N–H and O–H groups in total. The summed E-state index contributed by atoms with van der Waals surface area (Å²) in [5.74, 6) is 0. The highest BCUT2D eigenvalue weighted by Crippen LogP contribution is 2.64. The van der Waals surface area contributed by atoms with Crippen LogP contribution in [0.3, 0.4) is 0 Å². The molecule has 0 aromatic heterocycles. The molecule has 0 radical (unpaired) electrons. The summed E-state index contributed by atoms with van der Waals surface area (Å²) in [6.07, 6.45) is 1.94. The lowest BCUT2D eigenvalue weighted by Crippen LogP contribution is -2.26. The highest BCUT2D eigenvalue weighted by molar-refractivity contribution is 8.00. The summed E-state index contributed by atoms with van der Waals surface area (Å²) in [5, 5.41) is 15.4. The van der Waals surface area contributed by atoms with Crippen LogP contribution in [0.25, 0.3) is 60.3 Å². The third-order valence-electron chi connectivity index (χ3n) is 14.1. The zero-order valence-corrected chi connectivity index (χ0v) is 35.5. The number of thioether (sulfide) groups is 1. The molecular weight excluding hydrogens is 795 g/mol. The summed E-state index contributed by atoms with van der Waals surface area (Å²) in [7, 11) is 0. The van der Waals surface area contributed by atoms with Crippen molar-refractivity contribution in [1.82, 2.24) is 5.32 Å². The summed E-state index contributed by atoms with van der Waals surface area (Å²) >= 11 is 1.92. The molecule has 0 amide bonds. The molecule has 0 saturated heterocycles. The second kappa shape index (κ2) is 13.7. The minimum Gasteiger partial charge on any atom is -0.368 e. The largest absolute Gasteiger partial charge is 0.368 e. The van der Waals surface area contributed by atoms with Crippen LogP contribution in [0.5, 0.6) is 0 Å². The Morgan fingerprint density at radius 2 is 1.06 bits per heavy atom. The van der Waals surface area contributed by atoms with E-state index in [0.717, 1.165) is 28.1 Å². The van der Waals surface area contributed by atoms with Gasteiger partial charge in [-0.3, -0.25) is 4.99 Å². The third kappa shape index (κ3) is 5.15. The monoisotopic (exact) mass is 833 g/mol. The number of anilines is 1. The lowest BCUT2D eigenvalue weighted by atomic mass is 9.70. The van der Waals surface area contributed by atoms with Gasteiger partial charge in [0.05, 0.1) is 16.8 Å². The van der Waals surface area contributed by atoms with Gasteiger partial charge in [0.25, 0.3) is 0 Å². The maximum Gasteiger partial charge on any atom is 0.145 e. The lowest BCUT2D eigenvalue weighted by molar-refractivity contribution is 0.665. The summed E-state index contributed by atoms with van der Waals surface area (Å²) < 4.78 is 0. The van der Waals surface area contributed by atoms with Crippen molar-refractivity contribution in [2.75, 3.05) is 5.32 Å². The molecule has 4 aliphatic rings. The molecule has 2 heterocycles. The van der Waals surface area contributed by atoms with Crippen molar-refractivity contribution in [3.8, 4) is 22.3 Å². The van der Waals surface area contributed by atoms with Crippen LogP contribution in [0.4, 0.5) is 5.69 Å². The molecule has 4 heteroatoms. The number of aliphatic imine (C=N–C) groups is 1. The fourth-order valence-electron chi connectivity index (χ4n) is 11.3. The van der Waals surface area contributed by atoms with Gasteiger partial charge in [0, 0.05) is 16.0 Å². The van der Waals surface area contributed by atoms with Gasteiger partial charge in [-0.15, -0.1) is 0 Å². The molecular formula is C60H39N3S. The van der Waals surface area contributed by atoms with Gasteiger partial charge < -0.3 is 10.6 Å². The van der Waals surface area contributed by atoms with Crippen LogP contribution in [-0.2, 0) is 5.41 Å². The van der Waals surface area contributed by atoms with E-state index < -0.39 is 5.41 Å². The molecule has 3 nitrogen and oxygen atoms in total. The number of hydrogen-bond acceptors (Lipinski definition) is 4. The highest BCUT2D eigenvalue weighted by Gasteiger charge is 2.52. The van der Waals surface area contributed by atoms with Crippen LogP contribution in [0.1, 0.15) is 56.0 Å². The van der Waals surface area contributed by atoms with Crippen molar-refractivity contribution in [2.45, 2.75) is 21.9 Å². The van der Waals surface area contributed by atoms with Gasteiger partial charge in [0.15, 0.2) is 0 Å². The van der Waals surface area contributed by atoms with Crippen molar-refractivity contribution in [3.05, 3.63) is 257 Å². The van der Waals surface area contributed by atoms with E-state index in [1.54, 1.807) is 0 Å². The normalized spacial score (nSPS) is 18.8. The molecule has 10 aromatic carbocycles. The smallest absolute Gasteiger partial charge is 0.145 e. The minimum absolute atomic E-state index is 0.0503. The van der Waals surface area contributed by atoms with E-state index in [9.17, 15) is 0 Å². The average molecular weight is 834 g/mol. The Morgan fingerprint density at radius 3 is 1.86 bits per heavy atom. The Hall–Kier alpha value is -7.66. The minimum atomic E-state index is -0.411. The van der Waals surface area contributed by atoms with Crippen molar-refractivity contribution < 1.29 is 0 Å². The SMILES string of the molecule is C1=C(c2ccccc2)NC(c2ccc3c(ccc4ccc5c(c43)NC(c3ccc4c(c3)C3(c6ccccc6-4)c4ccccc4-c4cc6ccccc6cc43)S5)c2)N=C1c1ccccc1. The van der Waals surface area contributed by atoms with Gasteiger partial charge in [0.2, 0.25) is 0 Å². The van der Waals surface area contributed by atoms with E-state index in [0.29, 0.717) is 0 Å². The first-order valence-electron chi connectivity index (χ1n) is 22.2.